The van der Waals surface area contributed by atoms with E-state index in [1.165, 1.54) is 0 Å². The van der Waals surface area contributed by atoms with Crippen LogP contribution in [0.1, 0.15) is 23.8 Å². The maximum Gasteiger partial charge on any atom is 0.320 e. The van der Waals surface area contributed by atoms with Crippen LogP contribution in [0.2, 0.25) is 0 Å². The van der Waals surface area contributed by atoms with Crippen LogP contribution in [-0.2, 0) is 4.79 Å². The predicted molar refractivity (Wildman–Crippen MR) is 73.8 cm³/mol. The summed E-state index contributed by atoms with van der Waals surface area (Å²) in [5, 5.41) is 8.93. The molecule has 0 radical (unpaired) electrons. The molecule has 0 amide bonds. The van der Waals surface area contributed by atoms with Crippen LogP contribution >= 0.6 is 11.6 Å². The Labute approximate surface area is 117 Å². The van der Waals surface area contributed by atoms with Gasteiger partial charge in [0.2, 0.25) is 0 Å². The molecule has 1 aliphatic rings. The molecule has 0 bridgehead atoms. The lowest BCUT2D eigenvalue weighted by Gasteiger charge is -2.23. The molecule has 0 saturated carbocycles. The van der Waals surface area contributed by atoms with Gasteiger partial charge in [-0.05, 0) is 37.1 Å². The Hall–Kier alpha value is -1.26. The minimum atomic E-state index is -0.754. The maximum absolute atomic E-state index is 11.1. The molecular formula is C14H18ClNO3. The molecule has 0 spiro atoms. The van der Waals surface area contributed by atoms with Crippen molar-refractivity contribution in [2.75, 3.05) is 20.2 Å². The second-order valence-electron chi connectivity index (χ2n) is 4.73. The summed E-state index contributed by atoms with van der Waals surface area (Å²) in [6.07, 6.45) is 1.63. The zero-order valence-corrected chi connectivity index (χ0v) is 11.6. The standard InChI is InChI=1S/C14H18ClNO3/c1-19-11-6-4-10(5-7-11)12(15)9-16-8-2-3-13(16)14(17)18/h4-7,12-13H,2-3,8-9H2,1H3,(H,17,18). The van der Waals surface area contributed by atoms with Crippen molar-refractivity contribution in [3.63, 3.8) is 0 Å². The lowest BCUT2D eigenvalue weighted by molar-refractivity contribution is -0.142. The number of hydrogen-bond acceptors (Lipinski definition) is 3. The number of halogens is 1. The van der Waals surface area contributed by atoms with Gasteiger partial charge in [0.05, 0.1) is 12.5 Å². The van der Waals surface area contributed by atoms with E-state index < -0.39 is 5.97 Å². The fourth-order valence-electron chi connectivity index (χ4n) is 2.45. The summed E-state index contributed by atoms with van der Waals surface area (Å²) in [5.74, 6) is 0.0355. The van der Waals surface area contributed by atoms with Crippen molar-refractivity contribution in [2.24, 2.45) is 0 Å². The Morgan fingerprint density at radius 1 is 1.53 bits per heavy atom. The third kappa shape index (κ3) is 3.39. The number of carboxylic acid groups (broad SMARTS) is 1. The summed E-state index contributed by atoms with van der Waals surface area (Å²) in [6.45, 7) is 1.36. The van der Waals surface area contributed by atoms with Crippen molar-refractivity contribution < 1.29 is 14.6 Å². The molecule has 5 heteroatoms. The average Bonchev–Trinajstić information content (AvgIpc) is 2.87. The fourth-order valence-corrected chi connectivity index (χ4v) is 2.77. The summed E-state index contributed by atoms with van der Waals surface area (Å²) in [6, 6.07) is 7.18. The lowest BCUT2D eigenvalue weighted by Crippen LogP contribution is -2.37. The van der Waals surface area contributed by atoms with E-state index in [1.54, 1.807) is 7.11 Å². The third-order valence-corrected chi connectivity index (χ3v) is 3.91. The quantitative estimate of drug-likeness (QED) is 0.844. The van der Waals surface area contributed by atoms with Gasteiger partial charge in [0, 0.05) is 6.54 Å². The minimum absolute atomic E-state index is 0.203. The van der Waals surface area contributed by atoms with Crippen LogP contribution in [0.3, 0.4) is 0 Å². The van der Waals surface area contributed by atoms with E-state index in [2.05, 4.69) is 0 Å². The number of ether oxygens (including phenoxy) is 1. The number of aliphatic carboxylic acids is 1. The van der Waals surface area contributed by atoms with E-state index in [9.17, 15) is 4.79 Å². The number of carbonyl (C=O) groups is 1. The topological polar surface area (TPSA) is 49.8 Å². The molecule has 0 aliphatic carbocycles. The van der Waals surface area contributed by atoms with Crippen LogP contribution in [-0.4, -0.2) is 42.2 Å². The van der Waals surface area contributed by atoms with Crippen LogP contribution in [0.5, 0.6) is 5.75 Å². The monoisotopic (exact) mass is 283 g/mol. The van der Waals surface area contributed by atoms with E-state index in [-0.39, 0.29) is 11.4 Å². The number of rotatable bonds is 5. The first-order valence-electron chi connectivity index (χ1n) is 6.36. The molecule has 1 aromatic carbocycles. The lowest BCUT2D eigenvalue weighted by atomic mass is 10.1. The summed E-state index contributed by atoms with van der Waals surface area (Å²) >= 11 is 6.38. The van der Waals surface area contributed by atoms with Gasteiger partial charge in [-0.1, -0.05) is 12.1 Å². The van der Waals surface area contributed by atoms with Crippen molar-refractivity contribution in [1.82, 2.24) is 4.90 Å². The largest absolute Gasteiger partial charge is 0.497 e. The number of hydrogen-bond donors (Lipinski definition) is 1. The fraction of sp³-hybridized carbons (Fsp3) is 0.500. The molecule has 19 heavy (non-hydrogen) atoms. The van der Waals surface area contributed by atoms with Gasteiger partial charge in [0.15, 0.2) is 0 Å². The zero-order chi connectivity index (χ0) is 13.8. The molecule has 1 heterocycles. The number of nitrogens with zero attached hydrogens (tertiary/aromatic N) is 1. The van der Waals surface area contributed by atoms with Crippen molar-refractivity contribution in [3.05, 3.63) is 29.8 Å². The first-order chi connectivity index (χ1) is 9.11. The number of benzene rings is 1. The van der Waals surface area contributed by atoms with Gasteiger partial charge in [-0.2, -0.15) is 0 Å². The zero-order valence-electron chi connectivity index (χ0n) is 10.9. The van der Waals surface area contributed by atoms with Crippen molar-refractivity contribution in [3.8, 4) is 5.75 Å². The Morgan fingerprint density at radius 3 is 2.79 bits per heavy atom. The molecule has 1 aliphatic heterocycles. The van der Waals surface area contributed by atoms with Gasteiger partial charge in [-0.25, -0.2) is 0 Å². The number of carboxylic acids is 1. The highest BCUT2D eigenvalue weighted by Crippen LogP contribution is 2.27. The average molecular weight is 284 g/mol. The predicted octanol–water partition coefficient (Wildman–Crippen LogP) is 2.52. The summed E-state index contributed by atoms with van der Waals surface area (Å²) in [7, 11) is 1.62. The highest BCUT2D eigenvalue weighted by Gasteiger charge is 2.31. The smallest absolute Gasteiger partial charge is 0.320 e. The summed E-state index contributed by atoms with van der Waals surface area (Å²) in [4.78, 5) is 13.1. The van der Waals surface area contributed by atoms with E-state index in [4.69, 9.17) is 21.4 Å². The Bertz CT molecular complexity index is 435. The minimum Gasteiger partial charge on any atom is -0.497 e. The molecule has 1 fully saturated rings. The van der Waals surface area contributed by atoms with E-state index >= 15 is 0 Å². The SMILES string of the molecule is COc1ccc(C(Cl)CN2CCCC2C(=O)O)cc1. The Kier molecular flexibility index (Phi) is 4.66. The molecule has 1 saturated heterocycles. The van der Waals surface area contributed by atoms with Crippen molar-refractivity contribution in [1.29, 1.82) is 0 Å². The van der Waals surface area contributed by atoms with Gasteiger partial charge in [0.1, 0.15) is 11.8 Å². The number of methoxy groups -OCH3 is 1. The van der Waals surface area contributed by atoms with Gasteiger partial charge >= 0.3 is 5.97 Å². The van der Waals surface area contributed by atoms with E-state index in [0.717, 1.165) is 24.3 Å². The van der Waals surface area contributed by atoms with Crippen LogP contribution in [0.25, 0.3) is 0 Å². The molecule has 1 aromatic rings. The normalized spacial score (nSPS) is 21.3. The van der Waals surface area contributed by atoms with Gasteiger partial charge in [0.25, 0.3) is 0 Å². The Balaban J connectivity index is 1.99. The summed E-state index contributed by atoms with van der Waals surface area (Å²) in [5.41, 5.74) is 0.985. The second kappa shape index (κ2) is 6.26. The number of likely N-dealkylation sites (tertiary alicyclic amines) is 1. The highest BCUT2D eigenvalue weighted by atomic mass is 35.5. The molecule has 104 valence electrons. The molecular weight excluding hydrogens is 266 g/mol. The Morgan fingerprint density at radius 2 is 2.21 bits per heavy atom. The van der Waals surface area contributed by atoms with Crippen molar-refractivity contribution >= 4 is 17.6 Å². The third-order valence-electron chi connectivity index (χ3n) is 3.52. The van der Waals surface area contributed by atoms with Gasteiger partial charge in [-0.3, -0.25) is 9.69 Å². The number of alkyl halides is 1. The van der Waals surface area contributed by atoms with Crippen LogP contribution in [0.4, 0.5) is 0 Å². The van der Waals surface area contributed by atoms with Crippen LogP contribution in [0.15, 0.2) is 24.3 Å². The summed E-state index contributed by atoms with van der Waals surface area (Å²) < 4.78 is 5.10. The second-order valence-corrected chi connectivity index (χ2v) is 5.26. The first kappa shape index (κ1) is 14.2. The maximum atomic E-state index is 11.1. The van der Waals surface area contributed by atoms with Crippen molar-refractivity contribution in [2.45, 2.75) is 24.3 Å². The first-order valence-corrected chi connectivity index (χ1v) is 6.80. The molecule has 4 nitrogen and oxygen atoms in total. The van der Waals surface area contributed by atoms with E-state index in [0.29, 0.717) is 13.0 Å². The van der Waals surface area contributed by atoms with Gasteiger partial charge < -0.3 is 9.84 Å². The molecule has 1 N–H and O–H groups in total. The molecule has 0 aromatic heterocycles. The molecule has 2 rings (SSSR count). The van der Waals surface area contributed by atoms with Crippen LogP contribution < -0.4 is 4.74 Å². The molecule has 2 atom stereocenters. The van der Waals surface area contributed by atoms with Crippen LogP contribution in [0, 0.1) is 0 Å². The highest BCUT2D eigenvalue weighted by molar-refractivity contribution is 6.21. The van der Waals surface area contributed by atoms with E-state index in [1.807, 2.05) is 29.2 Å². The molecule has 2 unspecified atom stereocenters. The van der Waals surface area contributed by atoms with Gasteiger partial charge in [-0.15, -0.1) is 11.6 Å².